The van der Waals surface area contributed by atoms with Crippen LogP contribution in [0.4, 0.5) is 0 Å². The Balaban J connectivity index is 1.96. The zero-order valence-corrected chi connectivity index (χ0v) is 9.60. The number of fused-ring (bicyclic) bond motifs is 10. The summed E-state index contributed by atoms with van der Waals surface area (Å²) < 4.78 is -0.0396. The second-order valence-electron chi connectivity index (χ2n) is 10.3. The third-order valence-electron chi connectivity index (χ3n) is 15.7. The molecule has 8 unspecified atom stereocenters. The van der Waals surface area contributed by atoms with Crippen molar-refractivity contribution >= 4 is 0 Å². The van der Waals surface area contributed by atoms with Crippen molar-refractivity contribution in [3.8, 4) is 0 Å². The summed E-state index contributed by atoms with van der Waals surface area (Å²) in [5, 5.41) is 22.4. The van der Waals surface area contributed by atoms with Gasteiger partial charge in [-0.25, -0.2) is 0 Å². The molecule has 1 spiro atoms. The Labute approximate surface area is 77.3 Å². The molecule has 10 aliphatic rings. The van der Waals surface area contributed by atoms with Gasteiger partial charge in [-0.15, -0.1) is 0 Å². The summed E-state index contributed by atoms with van der Waals surface area (Å²) in [5.41, 5.74) is 0. The standard InChI is InChI=1S/C7H9.C5H5O2.Fe/c1-2-7-5-3-4-6-7;6-4-2-1-3-5(4)7;/h3-6H,2H2,1H3;1-3,6-7H;. The van der Waals surface area contributed by atoms with Crippen LogP contribution >= 0.6 is 0 Å². The molecule has 0 bridgehead atoms. The zero-order chi connectivity index (χ0) is 9.56. The van der Waals surface area contributed by atoms with Gasteiger partial charge in [0.05, 0.1) is 0 Å². The van der Waals surface area contributed by atoms with Crippen molar-refractivity contribution in [2.45, 2.75) is 60.4 Å². The van der Waals surface area contributed by atoms with Crippen molar-refractivity contribution in [1.82, 2.24) is 0 Å². The van der Waals surface area contributed by atoms with Crippen LogP contribution in [0.3, 0.4) is 0 Å². The van der Waals surface area contributed by atoms with Gasteiger partial charge in [0.15, 0.2) is 0 Å². The van der Waals surface area contributed by atoms with Gasteiger partial charge in [-0.2, -0.15) is 0 Å². The van der Waals surface area contributed by atoms with Crippen LogP contribution in [0.25, 0.3) is 0 Å². The van der Waals surface area contributed by atoms with E-state index < -0.39 is 6.51 Å². The predicted octanol–water partition coefficient (Wildman–Crippen LogP) is 1.96. The summed E-state index contributed by atoms with van der Waals surface area (Å²) in [5.74, 6) is 0. The molecular weight excluding hydrogens is 232 g/mol. The van der Waals surface area contributed by atoms with Gasteiger partial charge in [0.25, 0.3) is 0 Å². The van der Waals surface area contributed by atoms with E-state index in [-0.39, 0.29) is 9.00 Å². The molecule has 2 nitrogen and oxygen atoms in total. The molecule has 82 valence electrons. The Kier molecular flexibility index (Phi) is 0.128. The Bertz CT molecular complexity index is 981. The Morgan fingerprint density at radius 3 is 1.53 bits per heavy atom. The first kappa shape index (κ1) is 5.39. The maximum atomic E-state index is 11.2. The van der Waals surface area contributed by atoms with Crippen molar-refractivity contribution in [3.63, 3.8) is 0 Å². The molecule has 10 aliphatic heterocycles. The first-order valence-electron chi connectivity index (χ1n) is 6.54. The third-order valence-corrected chi connectivity index (χ3v) is 58.7. The van der Waals surface area contributed by atoms with Crippen LogP contribution in [-0.4, -0.2) is 19.2 Å². The molecule has 8 atom stereocenters. The van der Waals surface area contributed by atoms with E-state index in [1.165, 1.54) is 6.42 Å². The van der Waals surface area contributed by atoms with E-state index in [0.717, 1.165) is 33.7 Å². The van der Waals surface area contributed by atoms with E-state index in [1.807, 2.05) is 0 Å². The van der Waals surface area contributed by atoms with Gasteiger partial charge in [-0.05, 0) is 0 Å². The molecule has 10 saturated heterocycles. The van der Waals surface area contributed by atoms with Crippen molar-refractivity contribution in [2.24, 2.45) is 0 Å². The molecule has 0 aromatic heterocycles. The molecule has 15 heavy (non-hydrogen) atoms. The van der Waals surface area contributed by atoms with E-state index in [4.69, 9.17) is 0 Å². The molecule has 10 heterocycles. The number of rotatable bonds is 1. The van der Waals surface area contributed by atoms with Gasteiger partial charge in [-0.1, -0.05) is 0 Å². The van der Waals surface area contributed by atoms with Crippen molar-refractivity contribution in [2.75, 3.05) is 0 Å². The van der Waals surface area contributed by atoms with Gasteiger partial charge in [0, 0.05) is 0 Å². The van der Waals surface area contributed by atoms with Gasteiger partial charge >= 0.3 is 77.1 Å². The van der Waals surface area contributed by atoms with Crippen molar-refractivity contribution < 1.29 is 16.7 Å². The van der Waals surface area contributed by atoms with Crippen LogP contribution < -0.4 is 0 Å². The Hall–Kier alpha value is 0.439. The SMILES string of the molecule is CC[C]12[CH]3[CH]4[CH]5[CH]1[Fe]45321678[CH]2[CH]1[C]6(O)[C]7(O)[CH]28. The van der Waals surface area contributed by atoms with Gasteiger partial charge in [0.1, 0.15) is 0 Å². The summed E-state index contributed by atoms with van der Waals surface area (Å²) >= 11 is 0. The molecule has 0 radical (unpaired) electrons. The monoisotopic (exact) mass is 246 g/mol. The summed E-state index contributed by atoms with van der Waals surface area (Å²) in [6.07, 6.45) is 1.33. The minimum atomic E-state index is -3.73. The van der Waals surface area contributed by atoms with Crippen LogP contribution in [0.1, 0.15) is 13.3 Å². The second kappa shape index (κ2) is 0.357. The summed E-state index contributed by atoms with van der Waals surface area (Å²) in [7, 11) is 0. The number of hydrogen-bond acceptors (Lipinski definition) is 2. The van der Waals surface area contributed by atoms with E-state index in [2.05, 4.69) is 6.92 Å². The quantitative estimate of drug-likeness (QED) is 0.694. The molecule has 0 saturated carbocycles. The number of aliphatic hydroxyl groups is 2. The van der Waals surface area contributed by atoms with Crippen LogP contribution in [0, 0.1) is 0 Å². The average Bonchev–Trinajstić information content (AvgIpc) is 3.16. The van der Waals surface area contributed by atoms with Crippen molar-refractivity contribution in [3.05, 3.63) is 0 Å². The fourth-order valence-electron chi connectivity index (χ4n) is 18.0. The van der Waals surface area contributed by atoms with Crippen LogP contribution in [0.5, 0.6) is 0 Å². The first-order valence-corrected chi connectivity index (χ1v) is 12.7. The van der Waals surface area contributed by atoms with Gasteiger partial charge in [-0.3, -0.25) is 0 Å². The van der Waals surface area contributed by atoms with Crippen molar-refractivity contribution in [1.29, 1.82) is 0 Å². The molecule has 3 heteroatoms. The van der Waals surface area contributed by atoms with E-state index in [0.29, 0.717) is 4.31 Å². The summed E-state index contributed by atoms with van der Waals surface area (Å²) in [4.78, 5) is 6.54. The molecule has 0 aromatic rings. The summed E-state index contributed by atoms with van der Waals surface area (Å²) in [6.45, 7) is -1.36. The maximum absolute atomic E-state index is 11.2. The molecule has 10 rings (SSSR count). The van der Waals surface area contributed by atoms with E-state index in [9.17, 15) is 10.2 Å². The number of hydrogen-bond donors (Lipinski definition) is 2. The molecule has 0 aromatic carbocycles. The minimum absolute atomic E-state index is 0.350. The summed E-state index contributed by atoms with van der Waals surface area (Å²) in [6, 6.07) is 0. The predicted molar refractivity (Wildman–Crippen MR) is 49.1 cm³/mol. The molecule has 10 fully saturated rings. The Morgan fingerprint density at radius 1 is 0.933 bits per heavy atom. The van der Waals surface area contributed by atoms with E-state index >= 15 is 0 Å². The van der Waals surface area contributed by atoms with Gasteiger partial charge in [0.2, 0.25) is 0 Å². The van der Waals surface area contributed by atoms with E-state index in [1.54, 1.807) is 0 Å². The average molecular weight is 246 g/mol. The normalized spacial score (nSPS) is 144. The fourth-order valence-corrected chi connectivity index (χ4v) is 92.9. The third kappa shape index (κ3) is 0.0377. The topological polar surface area (TPSA) is 40.5 Å². The zero-order valence-electron chi connectivity index (χ0n) is 8.50. The fraction of sp³-hybridized carbons (Fsp3) is 1.00. The molecular formula is C12H14FeO2. The van der Waals surface area contributed by atoms with Gasteiger partial charge < -0.3 is 0 Å². The molecule has 2 N–H and O–H groups in total. The second-order valence-corrected chi connectivity index (χ2v) is 33.2. The van der Waals surface area contributed by atoms with Crippen LogP contribution in [0.15, 0.2) is 0 Å². The Morgan fingerprint density at radius 2 is 1.47 bits per heavy atom. The molecule has 0 aliphatic carbocycles. The van der Waals surface area contributed by atoms with Crippen LogP contribution in [-0.2, 0) is 6.51 Å². The first-order chi connectivity index (χ1) is 6.88. The van der Waals surface area contributed by atoms with Crippen LogP contribution in [0.2, 0.25) is 38.0 Å². The molecule has 0 amide bonds.